The summed E-state index contributed by atoms with van der Waals surface area (Å²) in [5.74, 6) is 1.59. The third-order valence-corrected chi connectivity index (χ3v) is 4.50. The first-order valence-electron chi connectivity index (χ1n) is 6.29. The summed E-state index contributed by atoms with van der Waals surface area (Å²) in [4.78, 5) is 2.49. The molecule has 0 bridgehead atoms. The van der Waals surface area contributed by atoms with Crippen molar-refractivity contribution in [3.8, 4) is 0 Å². The number of hydrogen-bond acceptors (Lipinski definition) is 2. The number of nitrogens with one attached hydrogen (secondary N) is 1. The van der Waals surface area contributed by atoms with Crippen LogP contribution in [0.5, 0.6) is 0 Å². The van der Waals surface area contributed by atoms with Gasteiger partial charge < -0.3 is 10.2 Å². The van der Waals surface area contributed by atoms with E-state index in [1.165, 1.54) is 28.8 Å². The van der Waals surface area contributed by atoms with Gasteiger partial charge in [-0.1, -0.05) is 35.8 Å². The lowest BCUT2D eigenvalue weighted by Crippen LogP contribution is -2.19. The molecule has 1 aliphatic heterocycles. The lowest BCUT2D eigenvalue weighted by molar-refractivity contribution is 0.494. The van der Waals surface area contributed by atoms with Crippen LogP contribution in [0.1, 0.15) is 19.4 Å². The number of rotatable bonds is 3. The molecule has 1 aliphatic rings. The van der Waals surface area contributed by atoms with Crippen LogP contribution in [0.4, 0.5) is 5.69 Å². The third kappa shape index (κ3) is 2.83. The minimum atomic E-state index is 0.797. The standard InChI is InChI=1S/C14H21BrN2/c1-10-8-17(9-11(10)2)13-5-4-12(7-16-3)14(15)6-13/h4-6,10-11,16H,7-9H2,1-3H3. The van der Waals surface area contributed by atoms with E-state index in [1.807, 2.05) is 7.05 Å². The van der Waals surface area contributed by atoms with Crippen LogP contribution in [-0.2, 0) is 6.54 Å². The normalized spacial score (nSPS) is 24.4. The van der Waals surface area contributed by atoms with E-state index in [1.54, 1.807) is 0 Å². The van der Waals surface area contributed by atoms with Crippen molar-refractivity contribution in [2.45, 2.75) is 20.4 Å². The van der Waals surface area contributed by atoms with E-state index in [4.69, 9.17) is 0 Å². The molecule has 0 saturated carbocycles. The third-order valence-electron chi connectivity index (χ3n) is 3.76. The van der Waals surface area contributed by atoms with Gasteiger partial charge in [0.25, 0.3) is 0 Å². The minimum Gasteiger partial charge on any atom is -0.371 e. The van der Waals surface area contributed by atoms with Gasteiger partial charge in [0, 0.05) is 29.8 Å². The molecular formula is C14H21BrN2. The zero-order valence-corrected chi connectivity index (χ0v) is 12.4. The Morgan fingerprint density at radius 3 is 2.47 bits per heavy atom. The van der Waals surface area contributed by atoms with Crippen LogP contribution in [0.2, 0.25) is 0 Å². The van der Waals surface area contributed by atoms with Crippen LogP contribution in [0, 0.1) is 11.8 Å². The lowest BCUT2D eigenvalue weighted by Gasteiger charge is -2.19. The molecule has 0 radical (unpaired) electrons. The van der Waals surface area contributed by atoms with Gasteiger partial charge in [0.1, 0.15) is 0 Å². The molecule has 1 N–H and O–H groups in total. The van der Waals surface area contributed by atoms with Crippen molar-refractivity contribution in [1.29, 1.82) is 0 Å². The zero-order valence-electron chi connectivity index (χ0n) is 10.8. The highest BCUT2D eigenvalue weighted by molar-refractivity contribution is 9.10. The Balaban J connectivity index is 2.15. The van der Waals surface area contributed by atoms with E-state index in [9.17, 15) is 0 Å². The first-order valence-corrected chi connectivity index (χ1v) is 7.09. The van der Waals surface area contributed by atoms with Crippen molar-refractivity contribution in [1.82, 2.24) is 5.32 Å². The largest absolute Gasteiger partial charge is 0.371 e. The molecule has 94 valence electrons. The van der Waals surface area contributed by atoms with Gasteiger partial charge in [-0.3, -0.25) is 0 Å². The Bertz CT molecular complexity index is 382. The first-order chi connectivity index (χ1) is 8.11. The molecule has 2 atom stereocenters. The van der Waals surface area contributed by atoms with Crippen molar-refractivity contribution < 1.29 is 0 Å². The molecule has 1 heterocycles. The fourth-order valence-electron chi connectivity index (χ4n) is 2.41. The van der Waals surface area contributed by atoms with E-state index >= 15 is 0 Å². The molecule has 1 aromatic carbocycles. The summed E-state index contributed by atoms with van der Waals surface area (Å²) >= 11 is 3.66. The fourth-order valence-corrected chi connectivity index (χ4v) is 2.91. The summed E-state index contributed by atoms with van der Waals surface area (Å²) in [6, 6.07) is 6.70. The van der Waals surface area contributed by atoms with Crippen LogP contribution in [-0.4, -0.2) is 20.1 Å². The quantitative estimate of drug-likeness (QED) is 0.921. The Labute approximate surface area is 113 Å². The smallest absolute Gasteiger partial charge is 0.0377 e. The average molecular weight is 297 g/mol. The summed E-state index contributed by atoms with van der Waals surface area (Å²) in [6.07, 6.45) is 0. The molecule has 1 aromatic rings. The number of hydrogen-bond donors (Lipinski definition) is 1. The Kier molecular flexibility index (Phi) is 4.10. The minimum absolute atomic E-state index is 0.797. The van der Waals surface area contributed by atoms with Crippen LogP contribution in [0.15, 0.2) is 22.7 Å². The molecule has 1 saturated heterocycles. The maximum absolute atomic E-state index is 3.66. The molecule has 0 aromatic heterocycles. The summed E-state index contributed by atoms with van der Waals surface area (Å²) in [5.41, 5.74) is 2.66. The molecule has 2 unspecified atom stereocenters. The first kappa shape index (κ1) is 12.9. The Morgan fingerprint density at radius 2 is 1.94 bits per heavy atom. The van der Waals surface area contributed by atoms with Crippen molar-refractivity contribution in [3.63, 3.8) is 0 Å². The molecule has 2 rings (SSSR count). The number of anilines is 1. The van der Waals surface area contributed by atoms with Crippen LogP contribution >= 0.6 is 15.9 Å². The molecular weight excluding hydrogens is 276 g/mol. The van der Waals surface area contributed by atoms with Crippen molar-refractivity contribution in [2.24, 2.45) is 11.8 Å². The zero-order chi connectivity index (χ0) is 12.4. The predicted molar refractivity (Wildman–Crippen MR) is 77.4 cm³/mol. The molecule has 17 heavy (non-hydrogen) atoms. The van der Waals surface area contributed by atoms with Gasteiger partial charge in [-0.15, -0.1) is 0 Å². The monoisotopic (exact) mass is 296 g/mol. The van der Waals surface area contributed by atoms with E-state index in [0.29, 0.717) is 0 Å². The second-order valence-corrected chi connectivity index (χ2v) is 6.02. The van der Waals surface area contributed by atoms with Crippen molar-refractivity contribution >= 4 is 21.6 Å². The second kappa shape index (κ2) is 5.40. The summed E-state index contributed by atoms with van der Waals surface area (Å²) in [7, 11) is 1.98. The molecule has 2 nitrogen and oxygen atoms in total. The van der Waals surface area contributed by atoms with Gasteiger partial charge in [-0.2, -0.15) is 0 Å². The van der Waals surface area contributed by atoms with Crippen LogP contribution < -0.4 is 10.2 Å². The van der Waals surface area contributed by atoms with Gasteiger partial charge in [-0.25, -0.2) is 0 Å². The van der Waals surface area contributed by atoms with Gasteiger partial charge in [0.2, 0.25) is 0 Å². The molecule has 0 spiro atoms. The second-order valence-electron chi connectivity index (χ2n) is 5.17. The van der Waals surface area contributed by atoms with E-state index in [2.05, 4.69) is 58.2 Å². The maximum atomic E-state index is 3.66. The van der Waals surface area contributed by atoms with E-state index in [-0.39, 0.29) is 0 Å². The summed E-state index contributed by atoms with van der Waals surface area (Å²) in [5, 5.41) is 3.18. The van der Waals surface area contributed by atoms with E-state index in [0.717, 1.165) is 18.4 Å². The topological polar surface area (TPSA) is 15.3 Å². The van der Waals surface area contributed by atoms with Gasteiger partial charge in [0.15, 0.2) is 0 Å². The highest BCUT2D eigenvalue weighted by Crippen LogP contribution is 2.30. The predicted octanol–water partition coefficient (Wildman–Crippen LogP) is 3.26. The SMILES string of the molecule is CNCc1ccc(N2CC(C)C(C)C2)cc1Br. The van der Waals surface area contributed by atoms with Crippen LogP contribution in [0.25, 0.3) is 0 Å². The van der Waals surface area contributed by atoms with Gasteiger partial charge in [-0.05, 0) is 36.6 Å². The van der Waals surface area contributed by atoms with Gasteiger partial charge in [0.05, 0.1) is 0 Å². The van der Waals surface area contributed by atoms with Gasteiger partial charge >= 0.3 is 0 Å². The molecule has 0 aliphatic carbocycles. The number of benzene rings is 1. The van der Waals surface area contributed by atoms with Crippen molar-refractivity contribution in [2.75, 3.05) is 25.0 Å². The van der Waals surface area contributed by atoms with Crippen LogP contribution in [0.3, 0.4) is 0 Å². The summed E-state index contributed by atoms with van der Waals surface area (Å²) < 4.78 is 1.21. The molecule has 1 fully saturated rings. The Morgan fingerprint density at radius 1 is 1.29 bits per heavy atom. The fraction of sp³-hybridized carbons (Fsp3) is 0.571. The summed E-state index contributed by atoms with van der Waals surface area (Å²) in [6.45, 7) is 7.95. The highest BCUT2D eigenvalue weighted by Gasteiger charge is 2.26. The number of halogens is 1. The molecule has 0 amide bonds. The lowest BCUT2D eigenvalue weighted by atomic mass is 10.0. The molecule has 3 heteroatoms. The van der Waals surface area contributed by atoms with Crippen molar-refractivity contribution in [3.05, 3.63) is 28.2 Å². The highest BCUT2D eigenvalue weighted by atomic mass is 79.9. The average Bonchev–Trinajstić information content (AvgIpc) is 2.62. The maximum Gasteiger partial charge on any atom is 0.0377 e. The van der Waals surface area contributed by atoms with E-state index < -0.39 is 0 Å². The number of nitrogens with zero attached hydrogens (tertiary/aromatic N) is 1. The Hall–Kier alpha value is -0.540.